The summed E-state index contributed by atoms with van der Waals surface area (Å²) in [6.07, 6.45) is 8.91. The van der Waals surface area contributed by atoms with Crippen LogP contribution < -0.4 is 0 Å². The first-order chi connectivity index (χ1) is 18.6. The Kier molecular flexibility index (Phi) is 7.41. The molecule has 2 aromatic rings. The van der Waals surface area contributed by atoms with Gasteiger partial charge in [-0.1, -0.05) is 75.9 Å². The SMILES string of the molecule is C=C(/C=C\C=C/C)C(=O)OCC1C2CC(C3Cc4c(C)cc(C(C)(C)C)cc4C32)C1OC(=O)c1ccccc1. The van der Waals surface area contributed by atoms with Crippen molar-refractivity contribution < 1.29 is 19.1 Å². The minimum Gasteiger partial charge on any atom is -0.462 e. The van der Waals surface area contributed by atoms with E-state index < -0.39 is 5.97 Å². The lowest BCUT2D eigenvalue weighted by Crippen LogP contribution is -2.41. The molecule has 39 heavy (non-hydrogen) atoms. The molecule has 2 aromatic carbocycles. The molecule has 0 amide bonds. The van der Waals surface area contributed by atoms with Gasteiger partial charge in [-0.05, 0) is 90.3 Å². The van der Waals surface area contributed by atoms with E-state index in [2.05, 4.69) is 46.4 Å². The van der Waals surface area contributed by atoms with Crippen LogP contribution in [0.3, 0.4) is 0 Å². The van der Waals surface area contributed by atoms with Gasteiger partial charge < -0.3 is 9.47 Å². The van der Waals surface area contributed by atoms with Crippen LogP contribution in [0.5, 0.6) is 0 Å². The third kappa shape index (κ3) is 5.14. The first kappa shape index (κ1) is 27.2. The number of aryl methyl sites for hydroxylation is 1. The zero-order valence-corrected chi connectivity index (χ0v) is 23.8. The van der Waals surface area contributed by atoms with Crippen LogP contribution in [0.4, 0.5) is 0 Å². The minimum atomic E-state index is -0.430. The second-order valence-corrected chi connectivity index (χ2v) is 12.5. The first-order valence-corrected chi connectivity index (χ1v) is 14.2. The van der Waals surface area contributed by atoms with Crippen LogP contribution >= 0.6 is 0 Å². The van der Waals surface area contributed by atoms with Gasteiger partial charge in [-0.15, -0.1) is 0 Å². The van der Waals surface area contributed by atoms with E-state index in [9.17, 15) is 9.59 Å². The van der Waals surface area contributed by atoms with E-state index in [1.54, 1.807) is 24.3 Å². The van der Waals surface area contributed by atoms with E-state index in [0.29, 0.717) is 28.9 Å². The molecule has 0 aliphatic heterocycles. The van der Waals surface area contributed by atoms with Crippen LogP contribution in [0.1, 0.15) is 72.6 Å². The van der Waals surface area contributed by atoms with Crippen LogP contribution in [-0.2, 0) is 26.1 Å². The van der Waals surface area contributed by atoms with Crippen molar-refractivity contribution in [2.24, 2.45) is 23.7 Å². The Morgan fingerprint density at radius 2 is 1.79 bits per heavy atom. The Balaban J connectivity index is 1.43. The van der Waals surface area contributed by atoms with Crippen molar-refractivity contribution in [2.45, 2.75) is 64.9 Å². The van der Waals surface area contributed by atoms with E-state index in [-0.39, 0.29) is 35.9 Å². The van der Waals surface area contributed by atoms with Crippen LogP contribution in [0.2, 0.25) is 0 Å². The Hall–Kier alpha value is -3.40. The zero-order valence-electron chi connectivity index (χ0n) is 23.8. The lowest BCUT2D eigenvalue weighted by molar-refractivity contribution is -0.142. The van der Waals surface area contributed by atoms with Gasteiger partial charge >= 0.3 is 11.9 Å². The molecule has 5 rings (SSSR count). The van der Waals surface area contributed by atoms with Gasteiger partial charge in [-0.2, -0.15) is 0 Å². The van der Waals surface area contributed by atoms with E-state index in [1.807, 2.05) is 37.3 Å². The van der Waals surface area contributed by atoms with Gasteiger partial charge in [0.1, 0.15) is 6.10 Å². The van der Waals surface area contributed by atoms with Crippen molar-refractivity contribution in [3.63, 3.8) is 0 Å². The number of fused-ring (bicyclic) bond motifs is 7. The summed E-state index contributed by atoms with van der Waals surface area (Å²) in [7, 11) is 0. The maximum absolute atomic E-state index is 13.2. The van der Waals surface area contributed by atoms with Gasteiger partial charge in [-0.3, -0.25) is 0 Å². The van der Waals surface area contributed by atoms with Crippen molar-refractivity contribution >= 4 is 11.9 Å². The number of esters is 2. The van der Waals surface area contributed by atoms with Crippen LogP contribution in [0.25, 0.3) is 0 Å². The van der Waals surface area contributed by atoms with E-state index in [4.69, 9.17) is 9.47 Å². The molecule has 0 heterocycles. The maximum atomic E-state index is 13.2. The van der Waals surface area contributed by atoms with E-state index in [0.717, 1.165) is 12.8 Å². The fourth-order valence-electron chi connectivity index (χ4n) is 7.20. The van der Waals surface area contributed by atoms with Gasteiger partial charge in [0.15, 0.2) is 0 Å². The molecule has 0 radical (unpaired) electrons. The van der Waals surface area contributed by atoms with Crippen LogP contribution in [-0.4, -0.2) is 24.6 Å². The molecule has 0 spiro atoms. The topological polar surface area (TPSA) is 52.6 Å². The summed E-state index contributed by atoms with van der Waals surface area (Å²) >= 11 is 0. The van der Waals surface area contributed by atoms with E-state index >= 15 is 0 Å². The minimum absolute atomic E-state index is 0.0512. The monoisotopic (exact) mass is 524 g/mol. The first-order valence-electron chi connectivity index (χ1n) is 14.2. The fraction of sp³-hybridized carbons (Fsp3) is 0.429. The Morgan fingerprint density at radius 3 is 2.49 bits per heavy atom. The average Bonchev–Trinajstić information content (AvgIpc) is 3.57. The molecule has 0 aromatic heterocycles. The highest BCUT2D eigenvalue weighted by molar-refractivity contribution is 5.91. The predicted molar refractivity (Wildman–Crippen MR) is 155 cm³/mol. The van der Waals surface area contributed by atoms with Crippen molar-refractivity contribution in [1.29, 1.82) is 0 Å². The van der Waals surface area contributed by atoms with Gasteiger partial charge in [-0.25, -0.2) is 9.59 Å². The van der Waals surface area contributed by atoms with Crippen molar-refractivity contribution in [3.05, 3.63) is 107 Å². The molecule has 4 nitrogen and oxygen atoms in total. The maximum Gasteiger partial charge on any atom is 0.338 e. The standard InChI is InChI=1S/C35H40O4/c1-7-8-10-13-21(2)33(36)38-20-30-28-19-29(32(30)39-34(37)23-14-11-9-12-15-23)27-18-25-22(3)16-24(35(4,5)6)17-26(25)31(27)28/h7-17,27-32H,2,18-20H2,1,3-6H3/b8-7-,13-10-. The Bertz CT molecular complexity index is 1330. The Labute approximate surface area is 232 Å². The molecule has 2 saturated carbocycles. The summed E-state index contributed by atoms with van der Waals surface area (Å²) in [5, 5.41) is 0. The highest BCUT2D eigenvalue weighted by Crippen LogP contribution is 2.64. The summed E-state index contributed by atoms with van der Waals surface area (Å²) in [6, 6.07) is 13.9. The molecule has 0 saturated heterocycles. The highest BCUT2D eigenvalue weighted by atomic mass is 16.6. The highest BCUT2D eigenvalue weighted by Gasteiger charge is 2.62. The lowest BCUT2D eigenvalue weighted by Gasteiger charge is -2.38. The molecule has 4 heteroatoms. The van der Waals surface area contributed by atoms with Crippen molar-refractivity contribution in [2.75, 3.05) is 6.61 Å². The van der Waals surface area contributed by atoms with Crippen molar-refractivity contribution in [1.82, 2.24) is 0 Å². The fourth-order valence-corrected chi connectivity index (χ4v) is 7.20. The Morgan fingerprint density at radius 1 is 1.05 bits per heavy atom. The van der Waals surface area contributed by atoms with Crippen LogP contribution in [0.15, 0.2) is 78.9 Å². The summed E-state index contributed by atoms with van der Waals surface area (Å²) in [5.74, 6) is 0.604. The summed E-state index contributed by atoms with van der Waals surface area (Å²) in [6.45, 7) is 15.0. The second-order valence-electron chi connectivity index (χ2n) is 12.5. The summed E-state index contributed by atoms with van der Waals surface area (Å²) in [5.41, 5.74) is 6.57. The number of benzene rings is 2. The number of carbonyl (C=O) groups excluding carboxylic acids is 2. The van der Waals surface area contributed by atoms with Gasteiger partial charge in [0.05, 0.1) is 17.7 Å². The molecule has 2 bridgehead atoms. The molecule has 6 atom stereocenters. The van der Waals surface area contributed by atoms with Crippen LogP contribution in [0, 0.1) is 30.6 Å². The number of ether oxygens (including phenoxy) is 2. The van der Waals surface area contributed by atoms with Gasteiger partial charge in [0.25, 0.3) is 0 Å². The third-order valence-corrected chi connectivity index (χ3v) is 9.11. The largest absolute Gasteiger partial charge is 0.462 e. The smallest absolute Gasteiger partial charge is 0.338 e. The quantitative estimate of drug-likeness (QED) is 0.217. The molecular weight excluding hydrogens is 484 g/mol. The van der Waals surface area contributed by atoms with Gasteiger partial charge in [0, 0.05) is 11.8 Å². The number of hydrogen-bond donors (Lipinski definition) is 0. The number of allylic oxidation sites excluding steroid dienone is 3. The number of hydrogen-bond acceptors (Lipinski definition) is 4. The molecule has 0 N–H and O–H groups in total. The summed E-state index contributed by atoms with van der Waals surface area (Å²) in [4.78, 5) is 25.9. The number of rotatable bonds is 7. The predicted octanol–water partition coefficient (Wildman–Crippen LogP) is 7.27. The van der Waals surface area contributed by atoms with Crippen molar-refractivity contribution in [3.8, 4) is 0 Å². The zero-order chi connectivity index (χ0) is 27.9. The van der Waals surface area contributed by atoms with Gasteiger partial charge in [0.2, 0.25) is 0 Å². The molecule has 2 fully saturated rings. The third-order valence-electron chi connectivity index (χ3n) is 9.11. The lowest BCUT2D eigenvalue weighted by atomic mass is 9.72. The number of carbonyl (C=O) groups is 2. The molecule has 204 valence electrons. The summed E-state index contributed by atoms with van der Waals surface area (Å²) < 4.78 is 12.1. The van der Waals surface area contributed by atoms with E-state index in [1.165, 1.54) is 22.3 Å². The molecule has 3 aliphatic carbocycles. The molecular formula is C35H40O4. The average molecular weight is 525 g/mol. The second kappa shape index (κ2) is 10.6. The normalized spacial score (nSPS) is 27.1. The molecule has 3 aliphatic rings. The molecule has 6 unspecified atom stereocenters.